The second-order valence-corrected chi connectivity index (χ2v) is 9.31. The Morgan fingerprint density at radius 2 is 2.03 bits per heavy atom. The molecule has 0 unspecified atom stereocenters. The number of nitrogens with one attached hydrogen (secondary N) is 2. The number of ether oxygens (including phenoxy) is 1. The van der Waals surface area contributed by atoms with E-state index >= 15 is 0 Å². The lowest BCUT2D eigenvalue weighted by atomic mass is 9.99. The molecule has 0 spiro atoms. The van der Waals surface area contributed by atoms with Crippen LogP contribution in [0.4, 0.5) is 5.82 Å². The van der Waals surface area contributed by atoms with E-state index in [1.807, 2.05) is 25.1 Å². The summed E-state index contributed by atoms with van der Waals surface area (Å²) >= 11 is 0. The molecule has 1 atom stereocenters. The number of hydrogen-bond acceptors (Lipinski definition) is 6. The number of unbranched alkanes of at least 4 members (excludes halogenated alkanes) is 1. The second-order valence-electron chi connectivity index (χ2n) is 9.31. The fourth-order valence-electron chi connectivity index (χ4n) is 4.41. The number of carbonyl (C=O) groups excluding carboxylic acids is 1. The zero-order valence-corrected chi connectivity index (χ0v) is 19.8. The van der Waals surface area contributed by atoms with Crippen molar-refractivity contribution < 1.29 is 19.4 Å². The van der Waals surface area contributed by atoms with Crippen LogP contribution >= 0.6 is 0 Å². The van der Waals surface area contributed by atoms with Gasteiger partial charge in [0.2, 0.25) is 5.91 Å². The number of fused-ring (bicyclic) bond motifs is 1. The van der Waals surface area contributed by atoms with Crippen molar-refractivity contribution in [2.24, 2.45) is 0 Å². The molecule has 1 amide bonds. The van der Waals surface area contributed by atoms with Gasteiger partial charge in [0.15, 0.2) is 0 Å². The van der Waals surface area contributed by atoms with Crippen LogP contribution in [0.25, 0.3) is 0 Å². The molecular formula is C26H34N4O4. The number of pyridine rings is 2. The minimum absolute atomic E-state index is 0.233. The smallest absolute Gasteiger partial charge is 0.326 e. The zero-order valence-electron chi connectivity index (χ0n) is 19.8. The van der Waals surface area contributed by atoms with Crippen molar-refractivity contribution in [2.45, 2.75) is 69.7 Å². The molecule has 0 aromatic carbocycles. The summed E-state index contributed by atoms with van der Waals surface area (Å²) in [6.45, 7) is 3.71. The van der Waals surface area contributed by atoms with Crippen molar-refractivity contribution in [1.29, 1.82) is 0 Å². The SMILES string of the molecule is Cc1cccc(C2(C(=O)N[C@@H](CCOCCCCc3ccc4c(n3)NCCC4)C(=O)O)CC2)n1. The van der Waals surface area contributed by atoms with Gasteiger partial charge >= 0.3 is 5.97 Å². The Morgan fingerprint density at radius 3 is 2.79 bits per heavy atom. The molecule has 0 bridgehead atoms. The van der Waals surface area contributed by atoms with Crippen molar-refractivity contribution in [2.75, 3.05) is 25.1 Å². The highest BCUT2D eigenvalue weighted by molar-refractivity contribution is 5.93. The molecule has 3 N–H and O–H groups in total. The van der Waals surface area contributed by atoms with Crippen LogP contribution in [-0.2, 0) is 32.6 Å². The number of carboxylic acid groups (broad SMARTS) is 1. The second kappa shape index (κ2) is 11.0. The Bertz CT molecular complexity index is 1020. The predicted molar refractivity (Wildman–Crippen MR) is 129 cm³/mol. The van der Waals surface area contributed by atoms with Crippen molar-refractivity contribution in [3.05, 3.63) is 53.0 Å². The molecule has 1 fully saturated rings. The van der Waals surface area contributed by atoms with Gasteiger partial charge in [0.1, 0.15) is 11.9 Å². The van der Waals surface area contributed by atoms with E-state index in [1.165, 1.54) is 5.56 Å². The Hall–Kier alpha value is -3.00. The molecule has 8 nitrogen and oxygen atoms in total. The van der Waals surface area contributed by atoms with E-state index in [9.17, 15) is 14.7 Å². The number of hydrogen-bond donors (Lipinski definition) is 3. The molecule has 182 valence electrons. The zero-order chi connectivity index (χ0) is 24.0. The summed E-state index contributed by atoms with van der Waals surface area (Å²) in [5.74, 6) is -0.282. The molecule has 2 aliphatic rings. The van der Waals surface area contributed by atoms with E-state index in [0.29, 0.717) is 19.4 Å². The molecule has 1 saturated carbocycles. The number of carbonyl (C=O) groups is 2. The van der Waals surface area contributed by atoms with E-state index < -0.39 is 17.4 Å². The van der Waals surface area contributed by atoms with E-state index in [4.69, 9.17) is 9.72 Å². The highest BCUT2D eigenvalue weighted by atomic mass is 16.5. The van der Waals surface area contributed by atoms with Crippen LogP contribution < -0.4 is 10.6 Å². The molecule has 1 aliphatic carbocycles. The molecule has 4 rings (SSSR count). The van der Waals surface area contributed by atoms with Crippen LogP contribution in [0.1, 0.15) is 61.2 Å². The number of nitrogens with zero attached hydrogens (tertiary/aromatic N) is 2. The predicted octanol–water partition coefficient (Wildman–Crippen LogP) is 3.17. The first-order valence-corrected chi connectivity index (χ1v) is 12.3. The van der Waals surface area contributed by atoms with E-state index in [0.717, 1.165) is 61.5 Å². The van der Waals surface area contributed by atoms with E-state index in [2.05, 4.69) is 27.8 Å². The fourth-order valence-corrected chi connectivity index (χ4v) is 4.41. The summed E-state index contributed by atoms with van der Waals surface area (Å²) < 4.78 is 5.67. The van der Waals surface area contributed by atoms with Gasteiger partial charge in [-0.25, -0.2) is 9.78 Å². The summed E-state index contributed by atoms with van der Waals surface area (Å²) in [6, 6.07) is 8.91. The van der Waals surface area contributed by atoms with Crippen LogP contribution in [0.2, 0.25) is 0 Å². The Balaban J connectivity index is 1.16. The third-order valence-electron chi connectivity index (χ3n) is 6.64. The number of amides is 1. The average molecular weight is 467 g/mol. The van der Waals surface area contributed by atoms with Gasteiger partial charge in [0, 0.05) is 37.6 Å². The van der Waals surface area contributed by atoms with Crippen LogP contribution in [0.15, 0.2) is 30.3 Å². The maximum Gasteiger partial charge on any atom is 0.326 e. The summed E-state index contributed by atoms with van der Waals surface area (Å²) in [4.78, 5) is 33.8. The lowest BCUT2D eigenvalue weighted by Crippen LogP contribution is -2.46. The first kappa shape index (κ1) is 24.1. The molecule has 8 heteroatoms. The third-order valence-corrected chi connectivity index (χ3v) is 6.64. The number of aromatic nitrogens is 2. The van der Waals surface area contributed by atoms with Gasteiger partial charge < -0.3 is 20.5 Å². The average Bonchev–Trinajstić information content (AvgIpc) is 3.64. The summed E-state index contributed by atoms with van der Waals surface area (Å²) in [7, 11) is 0. The van der Waals surface area contributed by atoms with Gasteiger partial charge in [-0.15, -0.1) is 0 Å². The topological polar surface area (TPSA) is 113 Å². The molecule has 0 radical (unpaired) electrons. The van der Waals surface area contributed by atoms with Crippen LogP contribution in [0, 0.1) is 6.92 Å². The summed E-state index contributed by atoms with van der Waals surface area (Å²) in [5.41, 5.74) is 3.24. The van der Waals surface area contributed by atoms with Crippen LogP contribution in [-0.4, -0.2) is 52.8 Å². The monoisotopic (exact) mass is 466 g/mol. The quantitative estimate of drug-likeness (QED) is 0.412. The highest BCUT2D eigenvalue weighted by Crippen LogP contribution is 2.47. The summed E-state index contributed by atoms with van der Waals surface area (Å²) in [6.07, 6.45) is 6.57. The van der Waals surface area contributed by atoms with Gasteiger partial charge in [-0.05, 0) is 75.6 Å². The number of anilines is 1. The standard InChI is InChI=1S/C26H34N4O4/c1-18-6-4-9-22(28-18)26(13-14-26)25(33)30-21(24(31)32)12-17-34-16-3-2-8-20-11-10-19-7-5-15-27-23(19)29-20/h4,6,9-11,21H,2-3,5,7-8,12-17H2,1H3,(H,27,29)(H,30,33)(H,31,32)/t21-/m0/s1. The Morgan fingerprint density at radius 1 is 1.18 bits per heavy atom. The lowest BCUT2D eigenvalue weighted by Gasteiger charge is -2.20. The fraction of sp³-hybridized carbons (Fsp3) is 0.538. The number of aliphatic carboxylic acids is 1. The van der Waals surface area contributed by atoms with Crippen molar-refractivity contribution >= 4 is 17.7 Å². The minimum atomic E-state index is -1.04. The van der Waals surface area contributed by atoms with Crippen LogP contribution in [0.5, 0.6) is 0 Å². The van der Waals surface area contributed by atoms with Crippen molar-refractivity contribution in [1.82, 2.24) is 15.3 Å². The van der Waals surface area contributed by atoms with Gasteiger partial charge in [-0.3, -0.25) is 9.78 Å². The number of aryl methyl sites for hydroxylation is 3. The first-order chi connectivity index (χ1) is 16.5. The molecular weight excluding hydrogens is 432 g/mol. The minimum Gasteiger partial charge on any atom is -0.480 e. The first-order valence-electron chi connectivity index (χ1n) is 12.3. The lowest BCUT2D eigenvalue weighted by molar-refractivity contribution is -0.142. The molecule has 3 heterocycles. The van der Waals surface area contributed by atoms with E-state index in [1.54, 1.807) is 0 Å². The molecule has 2 aromatic rings. The molecule has 34 heavy (non-hydrogen) atoms. The van der Waals surface area contributed by atoms with Gasteiger partial charge in [-0.1, -0.05) is 12.1 Å². The maximum absolute atomic E-state index is 12.9. The molecule has 1 aliphatic heterocycles. The van der Waals surface area contributed by atoms with Crippen molar-refractivity contribution in [3.63, 3.8) is 0 Å². The maximum atomic E-state index is 12.9. The van der Waals surface area contributed by atoms with Gasteiger partial charge in [0.25, 0.3) is 0 Å². The molecule has 2 aromatic heterocycles. The van der Waals surface area contributed by atoms with Gasteiger partial charge in [-0.2, -0.15) is 0 Å². The molecule has 0 saturated heterocycles. The highest BCUT2D eigenvalue weighted by Gasteiger charge is 2.53. The van der Waals surface area contributed by atoms with Crippen LogP contribution in [0.3, 0.4) is 0 Å². The van der Waals surface area contributed by atoms with Crippen molar-refractivity contribution in [3.8, 4) is 0 Å². The third kappa shape index (κ3) is 5.91. The Kier molecular flexibility index (Phi) is 7.77. The number of rotatable bonds is 12. The normalized spacial score (nSPS) is 16.7. The van der Waals surface area contributed by atoms with E-state index in [-0.39, 0.29) is 18.9 Å². The Labute approximate surface area is 200 Å². The summed E-state index contributed by atoms with van der Waals surface area (Å²) in [5, 5.41) is 15.7. The largest absolute Gasteiger partial charge is 0.480 e. The number of carboxylic acids is 1. The van der Waals surface area contributed by atoms with Gasteiger partial charge in [0.05, 0.1) is 11.1 Å².